The van der Waals surface area contributed by atoms with Gasteiger partial charge in [0.2, 0.25) is 0 Å². The van der Waals surface area contributed by atoms with Gasteiger partial charge in [-0.05, 0) is 51.5 Å². The molecule has 0 aliphatic rings. The Balaban J connectivity index is 2.75. The Labute approximate surface area is 128 Å². The van der Waals surface area contributed by atoms with Crippen molar-refractivity contribution in [3.05, 3.63) is 29.8 Å². The van der Waals surface area contributed by atoms with Gasteiger partial charge < -0.3 is 15.3 Å². The molecule has 0 aliphatic heterocycles. The zero-order valence-electron chi connectivity index (χ0n) is 13.6. The standard InChI is InChI=1S/C17H28N2O2/c1-5-7-12-19(6-2)15-10-8-14(9-11-15)16(21)18-17(3,4)13-20/h8-11,20H,5-7,12-13H2,1-4H3,(H,18,21). The molecule has 1 aromatic rings. The molecule has 4 nitrogen and oxygen atoms in total. The highest BCUT2D eigenvalue weighted by Crippen LogP contribution is 2.16. The van der Waals surface area contributed by atoms with Crippen molar-refractivity contribution in [3.8, 4) is 0 Å². The molecule has 0 saturated carbocycles. The quantitative estimate of drug-likeness (QED) is 0.774. The van der Waals surface area contributed by atoms with E-state index in [-0.39, 0.29) is 12.5 Å². The molecule has 2 N–H and O–H groups in total. The molecule has 0 unspecified atom stereocenters. The van der Waals surface area contributed by atoms with Gasteiger partial charge in [-0.3, -0.25) is 4.79 Å². The van der Waals surface area contributed by atoms with Crippen LogP contribution in [-0.2, 0) is 0 Å². The van der Waals surface area contributed by atoms with E-state index < -0.39 is 5.54 Å². The summed E-state index contributed by atoms with van der Waals surface area (Å²) >= 11 is 0. The van der Waals surface area contributed by atoms with Gasteiger partial charge >= 0.3 is 0 Å². The lowest BCUT2D eigenvalue weighted by Crippen LogP contribution is -2.46. The Bertz CT molecular complexity index is 441. The van der Waals surface area contributed by atoms with Gasteiger partial charge in [0.15, 0.2) is 0 Å². The molecule has 4 heteroatoms. The molecule has 0 heterocycles. The van der Waals surface area contributed by atoms with Gasteiger partial charge in [0.1, 0.15) is 0 Å². The summed E-state index contributed by atoms with van der Waals surface area (Å²) in [4.78, 5) is 14.4. The number of anilines is 1. The van der Waals surface area contributed by atoms with Crippen molar-refractivity contribution in [1.82, 2.24) is 5.32 Å². The summed E-state index contributed by atoms with van der Waals surface area (Å²) in [5.74, 6) is -0.155. The van der Waals surface area contributed by atoms with E-state index >= 15 is 0 Å². The van der Waals surface area contributed by atoms with Crippen LogP contribution in [0.25, 0.3) is 0 Å². The first-order valence-corrected chi connectivity index (χ1v) is 7.72. The first-order valence-electron chi connectivity index (χ1n) is 7.72. The molecule has 118 valence electrons. The minimum absolute atomic E-state index is 0.0859. The summed E-state index contributed by atoms with van der Waals surface area (Å²) in [6.07, 6.45) is 2.34. The fourth-order valence-corrected chi connectivity index (χ4v) is 2.06. The Hall–Kier alpha value is -1.55. The number of aliphatic hydroxyl groups excluding tert-OH is 1. The van der Waals surface area contributed by atoms with Crippen molar-refractivity contribution < 1.29 is 9.90 Å². The number of aliphatic hydroxyl groups is 1. The number of hydrogen-bond donors (Lipinski definition) is 2. The van der Waals surface area contributed by atoms with Gasteiger partial charge in [0.05, 0.1) is 12.1 Å². The minimum atomic E-state index is -0.605. The Morgan fingerprint density at radius 1 is 1.24 bits per heavy atom. The fourth-order valence-electron chi connectivity index (χ4n) is 2.06. The highest BCUT2D eigenvalue weighted by molar-refractivity contribution is 5.95. The predicted molar refractivity (Wildman–Crippen MR) is 87.9 cm³/mol. The third-order valence-corrected chi connectivity index (χ3v) is 3.51. The molecule has 0 radical (unpaired) electrons. The number of nitrogens with zero attached hydrogens (tertiary/aromatic N) is 1. The monoisotopic (exact) mass is 292 g/mol. The van der Waals surface area contributed by atoms with Crippen LogP contribution in [0.4, 0.5) is 5.69 Å². The molecule has 1 amide bonds. The van der Waals surface area contributed by atoms with Crippen molar-refractivity contribution in [2.24, 2.45) is 0 Å². The maximum atomic E-state index is 12.1. The highest BCUT2D eigenvalue weighted by atomic mass is 16.3. The molecule has 1 aromatic carbocycles. The number of nitrogens with one attached hydrogen (secondary N) is 1. The van der Waals surface area contributed by atoms with Crippen LogP contribution in [0.2, 0.25) is 0 Å². The van der Waals surface area contributed by atoms with Crippen LogP contribution >= 0.6 is 0 Å². The number of amides is 1. The normalized spacial score (nSPS) is 11.3. The van der Waals surface area contributed by atoms with E-state index in [1.807, 2.05) is 24.3 Å². The first-order chi connectivity index (χ1) is 9.93. The lowest BCUT2D eigenvalue weighted by atomic mass is 10.1. The molecule has 0 aromatic heterocycles. The van der Waals surface area contributed by atoms with Gasteiger partial charge in [-0.25, -0.2) is 0 Å². The molecular formula is C17H28N2O2. The maximum Gasteiger partial charge on any atom is 0.251 e. The number of rotatable bonds is 8. The highest BCUT2D eigenvalue weighted by Gasteiger charge is 2.19. The van der Waals surface area contributed by atoms with Crippen LogP contribution in [-0.4, -0.2) is 36.2 Å². The van der Waals surface area contributed by atoms with Crippen molar-refractivity contribution >= 4 is 11.6 Å². The average molecular weight is 292 g/mol. The smallest absolute Gasteiger partial charge is 0.251 e. The van der Waals surface area contributed by atoms with E-state index in [9.17, 15) is 9.90 Å². The molecule has 1 rings (SSSR count). The van der Waals surface area contributed by atoms with E-state index in [1.54, 1.807) is 13.8 Å². The molecular weight excluding hydrogens is 264 g/mol. The minimum Gasteiger partial charge on any atom is -0.394 e. The van der Waals surface area contributed by atoms with Gasteiger partial charge in [0.25, 0.3) is 5.91 Å². The number of unbranched alkanes of at least 4 members (excludes halogenated alkanes) is 1. The molecule has 21 heavy (non-hydrogen) atoms. The number of hydrogen-bond acceptors (Lipinski definition) is 3. The summed E-state index contributed by atoms with van der Waals surface area (Å²) in [6.45, 7) is 9.83. The Morgan fingerprint density at radius 3 is 2.33 bits per heavy atom. The van der Waals surface area contributed by atoms with Gasteiger partial charge in [-0.1, -0.05) is 13.3 Å². The summed E-state index contributed by atoms with van der Waals surface area (Å²) in [7, 11) is 0. The van der Waals surface area contributed by atoms with E-state index in [0.717, 1.165) is 18.8 Å². The lowest BCUT2D eigenvalue weighted by Gasteiger charge is -2.25. The van der Waals surface area contributed by atoms with Crippen LogP contribution in [0.15, 0.2) is 24.3 Å². The van der Waals surface area contributed by atoms with Crippen LogP contribution in [0, 0.1) is 0 Å². The van der Waals surface area contributed by atoms with Crippen LogP contribution in [0.5, 0.6) is 0 Å². The maximum absolute atomic E-state index is 12.1. The molecule has 0 bridgehead atoms. The molecule has 0 spiro atoms. The average Bonchev–Trinajstić information content (AvgIpc) is 2.48. The topological polar surface area (TPSA) is 52.6 Å². The zero-order valence-corrected chi connectivity index (χ0v) is 13.6. The van der Waals surface area contributed by atoms with Crippen molar-refractivity contribution in [2.45, 2.75) is 46.1 Å². The first kappa shape index (κ1) is 17.5. The summed E-state index contributed by atoms with van der Waals surface area (Å²) in [5.41, 5.74) is 1.16. The van der Waals surface area contributed by atoms with Crippen LogP contribution in [0.3, 0.4) is 0 Å². The zero-order chi connectivity index (χ0) is 15.9. The largest absolute Gasteiger partial charge is 0.394 e. The Kier molecular flexibility index (Phi) is 6.69. The second-order valence-corrected chi connectivity index (χ2v) is 5.98. The lowest BCUT2D eigenvalue weighted by molar-refractivity contribution is 0.0869. The summed E-state index contributed by atoms with van der Waals surface area (Å²) in [5, 5.41) is 12.0. The Morgan fingerprint density at radius 2 is 1.86 bits per heavy atom. The van der Waals surface area contributed by atoms with Gasteiger partial charge in [-0.15, -0.1) is 0 Å². The number of carbonyl (C=O) groups excluding carboxylic acids is 1. The van der Waals surface area contributed by atoms with Gasteiger partial charge in [-0.2, -0.15) is 0 Å². The third-order valence-electron chi connectivity index (χ3n) is 3.51. The van der Waals surface area contributed by atoms with E-state index in [2.05, 4.69) is 24.1 Å². The van der Waals surface area contributed by atoms with E-state index in [0.29, 0.717) is 5.56 Å². The summed E-state index contributed by atoms with van der Waals surface area (Å²) in [6, 6.07) is 7.65. The molecule has 0 aliphatic carbocycles. The van der Waals surface area contributed by atoms with Crippen molar-refractivity contribution in [1.29, 1.82) is 0 Å². The summed E-state index contributed by atoms with van der Waals surface area (Å²) < 4.78 is 0. The van der Waals surface area contributed by atoms with E-state index in [1.165, 1.54) is 12.8 Å². The second kappa shape index (κ2) is 8.03. The predicted octanol–water partition coefficient (Wildman–Crippen LogP) is 2.81. The van der Waals surface area contributed by atoms with Gasteiger partial charge in [0, 0.05) is 24.3 Å². The fraction of sp³-hybridized carbons (Fsp3) is 0.588. The molecule has 0 atom stereocenters. The SMILES string of the molecule is CCCCN(CC)c1ccc(C(=O)NC(C)(C)CO)cc1. The second-order valence-electron chi connectivity index (χ2n) is 5.98. The van der Waals surface area contributed by atoms with Crippen molar-refractivity contribution in [3.63, 3.8) is 0 Å². The molecule has 0 saturated heterocycles. The van der Waals surface area contributed by atoms with E-state index in [4.69, 9.17) is 0 Å². The third kappa shape index (κ3) is 5.38. The van der Waals surface area contributed by atoms with Crippen LogP contribution < -0.4 is 10.2 Å². The number of carbonyl (C=O) groups is 1. The van der Waals surface area contributed by atoms with Crippen molar-refractivity contribution in [2.75, 3.05) is 24.6 Å². The number of benzene rings is 1. The van der Waals surface area contributed by atoms with Crippen LogP contribution in [0.1, 0.15) is 50.9 Å². The molecule has 0 fully saturated rings.